The molecule has 4 rings (SSSR count). The number of piperidine rings is 1. The molecule has 1 aliphatic heterocycles. The van der Waals surface area contributed by atoms with Crippen molar-refractivity contribution < 1.29 is 18.0 Å². The highest BCUT2D eigenvalue weighted by Gasteiger charge is 2.30. The van der Waals surface area contributed by atoms with Gasteiger partial charge in [-0.25, -0.2) is 13.1 Å². The van der Waals surface area contributed by atoms with Crippen molar-refractivity contribution in [3.63, 3.8) is 0 Å². The average molecular weight is 434 g/mol. The van der Waals surface area contributed by atoms with Crippen LogP contribution in [0.3, 0.4) is 0 Å². The molecule has 2 N–H and O–H groups in total. The summed E-state index contributed by atoms with van der Waals surface area (Å²) in [6, 6.07) is 10.0. The normalized spacial score (nSPS) is 17.9. The number of nitrogens with zero attached hydrogens (tertiary/aromatic N) is 1. The molecule has 0 unspecified atom stereocenters. The zero-order valence-electron chi connectivity index (χ0n) is 15.8. The van der Waals surface area contributed by atoms with Crippen molar-refractivity contribution in [3.8, 4) is 0 Å². The molecule has 29 heavy (non-hydrogen) atoms. The highest BCUT2D eigenvalue weighted by atomic mass is 32.2. The lowest BCUT2D eigenvalue weighted by Crippen LogP contribution is -2.41. The molecule has 2 aromatic rings. The van der Waals surface area contributed by atoms with Crippen LogP contribution in [0.5, 0.6) is 0 Å². The highest BCUT2D eigenvalue weighted by molar-refractivity contribution is 7.89. The van der Waals surface area contributed by atoms with Gasteiger partial charge in [0.15, 0.2) is 0 Å². The van der Waals surface area contributed by atoms with Crippen molar-refractivity contribution in [2.75, 3.05) is 18.4 Å². The minimum absolute atomic E-state index is 0.0138. The van der Waals surface area contributed by atoms with Crippen molar-refractivity contribution >= 4 is 38.9 Å². The molecule has 2 fully saturated rings. The third kappa shape index (κ3) is 4.85. The molecule has 1 saturated heterocycles. The van der Waals surface area contributed by atoms with Gasteiger partial charge in [0.2, 0.25) is 15.9 Å². The Morgan fingerprint density at radius 3 is 2.45 bits per heavy atom. The monoisotopic (exact) mass is 433 g/mol. The molecule has 0 spiro atoms. The van der Waals surface area contributed by atoms with E-state index < -0.39 is 10.0 Å². The summed E-state index contributed by atoms with van der Waals surface area (Å²) < 4.78 is 27.4. The Kier molecular flexibility index (Phi) is 5.71. The smallest absolute Gasteiger partial charge is 0.263 e. The van der Waals surface area contributed by atoms with Crippen molar-refractivity contribution in [2.45, 2.75) is 36.6 Å². The molecule has 9 heteroatoms. The molecule has 1 aromatic carbocycles. The van der Waals surface area contributed by atoms with Crippen LogP contribution >= 0.6 is 11.3 Å². The SMILES string of the molecule is O=C(Nc1cccc(S(=O)(=O)NC2CC2)c1)C1CCN(C(=O)c2cccs2)CC1. The first-order valence-electron chi connectivity index (χ1n) is 9.68. The van der Waals surface area contributed by atoms with Gasteiger partial charge in [0.25, 0.3) is 5.91 Å². The predicted molar refractivity (Wildman–Crippen MR) is 111 cm³/mol. The Bertz CT molecular complexity index is 992. The van der Waals surface area contributed by atoms with Crippen molar-refractivity contribution in [2.24, 2.45) is 5.92 Å². The summed E-state index contributed by atoms with van der Waals surface area (Å²) >= 11 is 1.42. The van der Waals surface area contributed by atoms with Crippen LogP contribution < -0.4 is 10.0 Å². The largest absolute Gasteiger partial charge is 0.338 e. The van der Waals surface area contributed by atoms with Gasteiger partial charge in [0, 0.05) is 30.7 Å². The van der Waals surface area contributed by atoms with Gasteiger partial charge in [-0.15, -0.1) is 11.3 Å². The molecule has 1 saturated carbocycles. The number of amides is 2. The number of hydrogen-bond donors (Lipinski definition) is 2. The van der Waals surface area contributed by atoms with Gasteiger partial charge in [-0.1, -0.05) is 12.1 Å². The van der Waals surface area contributed by atoms with E-state index in [1.165, 1.54) is 23.5 Å². The van der Waals surface area contributed by atoms with Crippen molar-refractivity contribution in [1.29, 1.82) is 0 Å². The Balaban J connectivity index is 1.34. The van der Waals surface area contributed by atoms with E-state index >= 15 is 0 Å². The van der Waals surface area contributed by atoms with E-state index in [2.05, 4.69) is 10.0 Å². The topological polar surface area (TPSA) is 95.6 Å². The van der Waals surface area contributed by atoms with Gasteiger partial charge in [0.1, 0.15) is 0 Å². The number of thiophene rings is 1. The molecule has 1 aliphatic carbocycles. The fourth-order valence-corrected chi connectivity index (χ4v) is 5.42. The van der Waals surface area contributed by atoms with E-state index in [-0.39, 0.29) is 28.7 Å². The molecule has 2 heterocycles. The average Bonchev–Trinajstić information content (AvgIpc) is 3.35. The van der Waals surface area contributed by atoms with Crippen LogP contribution in [0, 0.1) is 5.92 Å². The van der Waals surface area contributed by atoms with Gasteiger partial charge in [-0.2, -0.15) is 0 Å². The summed E-state index contributed by atoms with van der Waals surface area (Å²) in [7, 11) is -3.56. The van der Waals surface area contributed by atoms with E-state index in [4.69, 9.17) is 0 Å². The predicted octanol–water partition coefficient (Wildman–Crippen LogP) is 2.68. The third-order valence-corrected chi connectivity index (χ3v) is 7.57. The number of sulfonamides is 1. The van der Waals surface area contributed by atoms with E-state index in [1.807, 2.05) is 17.5 Å². The van der Waals surface area contributed by atoms with E-state index in [1.54, 1.807) is 17.0 Å². The molecule has 154 valence electrons. The zero-order chi connectivity index (χ0) is 20.4. The zero-order valence-corrected chi connectivity index (χ0v) is 17.5. The third-order valence-electron chi connectivity index (χ3n) is 5.20. The summed E-state index contributed by atoms with van der Waals surface area (Å²) in [5.41, 5.74) is 0.464. The Labute approximate surface area is 174 Å². The summed E-state index contributed by atoms with van der Waals surface area (Å²) in [5, 5.41) is 4.71. The number of hydrogen-bond acceptors (Lipinski definition) is 5. The molecule has 0 radical (unpaired) electrons. The number of rotatable bonds is 6. The van der Waals surface area contributed by atoms with Crippen molar-refractivity contribution in [3.05, 3.63) is 46.7 Å². The molecule has 2 aliphatic rings. The first kappa shape index (κ1) is 20.1. The van der Waals surface area contributed by atoms with Crippen LogP contribution in [0.4, 0.5) is 5.69 Å². The summed E-state index contributed by atoms with van der Waals surface area (Å²) in [6.07, 6.45) is 2.90. The van der Waals surface area contributed by atoms with Crippen LogP contribution in [0.15, 0.2) is 46.7 Å². The van der Waals surface area contributed by atoms with Gasteiger partial charge >= 0.3 is 0 Å². The highest BCUT2D eigenvalue weighted by Crippen LogP contribution is 2.25. The second-order valence-electron chi connectivity index (χ2n) is 7.46. The van der Waals surface area contributed by atoms with Crippen LogP contribution in [0.1, 0.15) is 35.4 Å². The number of nitrogens with one attached hydrogen (secondary N) is 2. The maximum absolute atomic E-state index is 12.6. The number of carbonyl (C=O) groups excluding carboxylic acids is 2. The molecule has 0 atom stereocenters. The van der Waals surface area contributed by atoms with Crippen LogP contribution in [-0.2, 0) is 14.8 Å². The lowest BCUT2D eigenvalue weighted by molar-refractivity contribution is -0.121. The molecule has 1 aromatic heterocycles. The van der Waals surface area contributed by atoms with E-state index in [9.17, 15) is 18.0 Å². The Morgan fingerprint density at radius 2 is 1.79 bits per heavy atom. The second-order valence-corrected chi connectivity index (χ2v) is 10.1. The van der Waals surface area contributed by atoms with Gasteiger partial charge in [-0.05, 0) is 55.3 Å². The lowest BCUT2D eigenvalue weighted by Gasteiger charge is -2.31. The molecular formula is C20H23N3O4S2. The minimum Gasteiger partial charge on any atom is -0.338 e. The standard InChI is InChI=1S/C20H23N3O4S2/c24-19(14-8-10-23(11-9-14)20(25)18-5-2-12-28-18)21-16-3-1-4-17(13-16)29(26,27)22-15-6-7-15/h1-5,12-15,22H,6-11H2,(H,21,24). The number of carbonyl (C=O) groups is 2. The summed E-state index contributed by atoms with van der Waals surface area (Å²) in [5.74, 6) is -0.329. The van der Waals surface area contributed by atoms with Gasteiger partial charge in [-0.3, -0.25) is 9.59 Å². The number of benzene rings is 1. The summed E-state index contributed by atoms with van der Waals surface area (Å²) in [4.78, 5) is 27.7. The molecular weight excluding hydrogens is 410 g/mol. The van der Waals surface area contributed by atoms with Crippen molar-refractivity contribution in [1.82, 2.24) is 9.62 Å². The number of anilines is 1. The lowest BCUT2D eigenvalue weighted by atomic mass is 9.95. The maximum atomic E-state index is 12.6. The quantitative estimate of drug-likeness (QED) is 0.732. The van der Waals surface area contributed by atoms with E-state index in [0.717, 1.165) is 12.8 Å². The van der Waals surface area contributed by atoms with Crippen LogP contribution in [0.25, 0.3) is 0 Å². The maximum Gasteiger partial charge on any atom is 0.263 e. The second kappa shape index (κ2) is 8.25. The Hall–Kier alpha value is -2.23. The van der Waals surface area contributed by atoms with Crippen LogP contribution in [0.2, 0.25) is 0 Å². The fourth-order valence-electron chi connectivity index (χ4n) is 3.37. The first-order valence-corrected chi connectivity index (χ1v) is 12.0. The van der Waals surface area contributed by atoms with E-state index in [0.29, 0.717) is 36.5 Å². The van der Waals surface area contributed by atoms with Gasteiger partial charge < -0.3 is 10.2 Å². The fraction of sp³-hybridized carbons (Fsp3) is 0.400. The first-order chi connectivity index (χ1) is 13.9. The number of likely N-dealkylation sites (tertiary alicyclic amines) is 1. The molecule has 0 bridgehead atoms. The van der Waals surface area contributed by atoms with Crippen LogP contribution in [-0.4, -0.2) is 44.3 Å². The molecule has 2 amide bonds. The van der Waals surface area contributed by atoms with Gasteiger partial charge in [0.05, 0.1) is 9.77 Å². The Morgan fingerprint density at radius 1 is 1.03 bits per heavy atom. The minimum atomic E-state index is -3.56. The molecule has 7 nitrogen and oxygen atoms in total. The summed E-state index contributed by atoms with van der Waals surface area (Å²) in [6.45, 7) is 1.07.